The number of hydrogen-bond acceptors (Lipinski definition) is 3. The van der Waals surface area contributed by atoms with Crippen LogP contribution in [0.4, 0.5) is 0 Å². The summed E-state index contributed by atoms with van der Waals surface area (Å²) in [4.78, 5) is 10.3. The van der Waals surface area contributed by atoms with Crippen LogP contribution in [0.15, 0.2) is 0 Å². The Morgan fingerprint density at radius 2 is 1.15 bits per heavy atom. The summed E-state index contributed by atoms with van der Waals surface area (Å²) in [5, 5.41) is 8.49. The Bertz CT molecular complexity index is 269. The molecule has 0 aliphatic rings. The Labute approximate surface area is 163 Å². The molecule has 0 fully saturated rings. The second-order valence-electron chi connectivity index (χ2n) is 7.48. The summed E-state index contributed by atoms with van der Waals surface area (Å²) >= 11 is 0. The number of carboxylic acid groups (broad SMARTS) is 1. The van der Waals surface area contributed by atoms with Gasteiger partial charge in [0.15, 0.2) is 0 Å². The maximum absolute atomic E-state index is 10.3. The molecule has 0 atom stereocenters. The lowest BCUT2D eigenvalue weighted by molar-refractivity contribution is -0.137. The SMILES string of the molecule is CCC(CC)CNN.CCCCCCCCCCCCCCCC(=O)O. The third kappa shape index (κ3) is 25.6. The summed E-state index contributed by atoms with van der Waals surface area (Å²) in [6.07, 6.45) is 19.7. The molecule has 0 aromatic carbocycles. The molecule has 0 heterocycles. The molecule has 0 saturated carbocycles. The maximum Gasteiger partial charge on any atom is 0.303 e. The molecule has 0 rings (SSSR count). The van der Waals surface area contributed by atoms with Crippen LogP contribution in [0.5, 0.6) is 0 Å². The van der Waals surface area contributed by atoms with E-state index in [1.54, 1.807) is 0 Å². The van der Waals surface area contributed by atoms with Crippen LogP contribution >= 0.6 is 0 Å². The molecule has 0 spiro atoms. The van der Waals surface area contributed by atoms with Gasteiger partial charge >= 0.3 is 5.97 Å². The van der Waals surface area contributed by atoms with Crippen molar-refractivity contribution >= 4 is 5.97 Å². The molecule has 0 aliphatic carbocycles. The quantitative estimate of drug-likeness (QED) is 0.147. The summed E-state index contributed by atoms with van der Waals surface area (Å²) in [6.45, 7) is 7.58. The minimum absolute atomic E-state index is 0.345. The molecule has 0 aliphatic heterocycles. The molecule has 0 amide bonds. The van der Waals surface area contributed by atoms with Crippen molar-refractivity contribution in [2.75, 3.05) is 6.54 Å². The van der Waals surface area contributed by atoms with E-state index in [-0.39, 0.29) is 0 Å². The van der Waals surface area contributed by atoms with E-state index in [0.717, 1.165) is 25.3 Å². The first-order valence-corrected chi connectivity index (χ1v) is 11.3. The van der Waals surface area contributed by atoms with E-state index < -0.39 is 5.97 Å². The largest absolute Gasteiger partial charge is 0.481 e. The number of aliphatic carboxylic acids is 1. The van der Waals surface area contributed by atoms with Crippen LogP contribution in [0.2, 0.25) is 0 Å². The molecule has 26 heavy (non-hydrogen) atoms. The molecular weight excluding hydrogens is 324 g/mol. The van der Waals surface area contributed by atoms with Crippen molar-refractivity contribution < 1.29 is 9.90 Å². The molecule has 4 nitrogen and oxygen atoms in total. The first-order valence-electron chi connectivity index (χ1n) is 11.3. The molecular formula is C22H48N2O2. The second-order valence-corrected chi connectivity index (χ2v) is 7.48. The zero-order valence-electron chi connectivity index (χ0n) is 18.0. The molecule has 4 heteroatoms. The number of hydrogen-bond donors (Lipinski definition) is 3. The van der Waals surface area contributed by atoms with Gasteiger partial charge < -0.3 is 5.11 Å². The highest BCUT2D eigenvalue weighted by molar-refractivity contribution is 5.66. The van der Waals surface area contributed by atoms with E-state index >= 15 is 0 Å². The van der Waals surface area contributed by atoms with Crippen LogP contribution in [-0.2, 0) is 4.79 Å². The fourth-order valence-electron chi connectivity index (χ4n) is 3.04. The maximum atomic E-state index is 10.3. The smallest absolute Gasteiger partial charge is 0.303 e. The molecule has 0 unspecified atom stereocenters. The highest BCUT2D eigenvalue weighted by Gasteiger charge is 1.99. The van der Waals surface area contributed by atoms with Gasteiger partial charge in [0.2, 0.25) is 0 Å². The second kappa shape index (κ2) is 24.4. The van der Waals surface area contributed by atoms with Crippen molar-refractivity contribution in [3.63, 3.8) is 0 Å². The number of hydrazine groups is 1. The Hall–Kier alpha value is -0.610. The van der Waals surface area contributed by atoms with Crippen molar-refractivity contribution in [1.82, 2.24) is 5.43 Å². The lowest BCUT2D eigenvalue weighted by Gasteiger charge is -2.09. The molecule has 4 N–H and O–H groups in total. The normalized spacial score (nSPS) is 10.7. The lowest BCUT2D eigenvalue weighted by atomic mass is 10.0. The monoisotopic (exact) mass is 372 g/mol. The number of unbranched alkanes of at least 4 members (excludes halogenated alkanes) is 12. The number of nitrogens with two attached hydrogens (primary N) is 1. The summed E-state index contributed by atoms with van der Waals surface area (Å²) < 4.78 is 0. The lowest BCUT2D eigenvalue weighted by Crippen LogP contribution is -2.28. The summed E-state index contributed by atoms with van der Waals surface area (Å²) in [5.41, 5.74) is 2.67. The van der Waals surface area contributed by atoms with Gasteiger partial charge in [0.25, 0.3) is 0 Å². The Balaban J connectivity index is 0. The van der Waals surface area contributed by atoms with Crippen molar-refractivity contribution in [3.8, 4) is 0 Å². The van der Waals surface area contributed by atoms with Gasteiger partial charge in [-0.15, -0.1) is 0 Å². The van der Waals surface area contributed by atoms with Crippen molar-refractivity contribution in [2.24, 2.45) is 11.8 Å². The predicted molar refractivity (Wildman–Crippen MR) is 114 cm³/mol. The van der Waals surface area contributed by atoms with E-state index in [2.05, 4.69) is 26.2 Å². The van der Waals surface area contributed by atoms with E-state index in [0.29, 0.717) is 6.42 Å². The first kappa shape index (κ1) is 27.6. The van der Waals surface area contributed by atoms with Crippen molar-refractivity contribution in [3.05, 3.63) is 0 Å². The minimum Gasteiger partial charge on any atom is -0.481 e. The topological polar surface area (TPSA) is 75.3 Å². The van der Waals surface area contributed by atoms with E-state index in [1.807, 2.05) is 0 Å². The Morgan fingerprint density at radius 1 is 0.769 bits per heavy atom. The van der Waals surface area contributed by atoms with E-state index in [4.69, 9.17) is 10.9 Å². The predicted octanol–water partition coefficient (Wildman–Crippen LogP) is 6.44. The number of carbonyl (C=O) groups is 1. The number of rotatable bonds is 18. The number of nitrogens with one attached hydrogen (secondary N) is 1. The van der Waals surface area contributed by atoms with Crippen LogP contribution in [0.3, 0.4) is 0 Å². The number of carboxylic acids is 1. The van der Waals surface area contributed by atoms with E-state index in [1.165, 1.54) is 83.5 Å². The van der Waals surface area contributed by atoms with E-state index in [9.17, 15) is 4.79 Å². The fraction of sp³-hybridized carbons (Fsp3) is 0.955. The first-order chi connectivity index (χ1) is 12.6. The molecule has 0 saturated heterocycles. The van der Waals surface area contributed by atoms with Crippen LogP contribution in [0.1, 0.15) is 124 Å². The van der Waals surface area contributed by atoms with Gasteiger partial charge in [-0.3, -0.25) is 16.1 Å². The zero-order valence-corrected chi connectivity index (χ0v) is 18.0. The van der Waals surface area contributed by atoms with Crippen LogP contribution < -0.4 is 11.3 Å². The van der Waals surface area contributed by atoms with Gasteiger partial charge in [-0.1, -0.05) is 111 Å². The summed E-state index contributed by atoms with van der Waals surface area (Å²) in [6, 6.07) is 0. The van der Waals surface area contributed by atoms with Crippen molar-refractivity contribution in [2.45, 2.75) is 124 Å². The Morgan fingerprint density at radius 3 is 1.42 bits per heavy atom. The van der Waals surface area contributed by atoms with Gasteiger partial charge in [0.05, 0.1) is 0 Å². The summed E-state index contributed by atoms with van der Waals surface area (Å²) in [7, 11) is 0. The molecule has 0 bridgehead atoms. The van der Waals surface area contributed by atoms with Gasteiger partial charge in [-0.25, -0.2) is 0 Å². The molecule has 0 radical (unpaired) electrons. The van der Waals surface area contributed by atoms with Gasteiger partial charge in [-0.2, -0.15) is 0 Å². The molecule has 0 aromatic heterocycles. The summed E-state index contributed by atoms with van der Waals surface area (Å²) in [5.74, 6) is 5.24. The minimum atomic E-state index is -0.655. The van der Waals surface area contributed by atoms with Crippen LogP contribution in [0.25, 0.3) is 0 Å². The Kier molecular flexibility index (Phi) is 25.9. The highest BCUT2D eigenvalue weighted by Crippen LogP contribution is 2.12. The van der Waals surface area contributed by atoms with Gasteiger partial charge in [-0.05, 0) is 12.3 Å². The third-order valence-corrected chi connectivity index (χ3v) is 5.06. The molecule has 0 aromatic rings. The van der Waals surface area contributed by atoms with Gasteiger partial charge in [0, 0.05) is 13.0 Å². The average molecular weight is 373 g/mol. The fourth-order valence-corrected chi connectivity index (χ4v) is 3.04. The average Bonchev–Trinajstić information content (AvgIpc) is 2.64. The highest BCUT2D eigenvalue weighted by atomic mass is 16.4. The zero-order chi connectivity index (χ0) is 19.9. The van der Waals surface area contributed by atoms with Crippen LogP contribution in [0, 0.1) is 5.92 Å². The molecule has 158 valence electrons. The van der Waals surface area contributed by atoms with Crippen molar-refractivity contribution in [1.29, 1.82) is 0 Å². The van der Waals surface area contributed by atoms with Gasteiger partial charge in [0.1, 0.15) is 0 Å². The third-order valence-electron chi connectivity index (χ3n) is 5.06. The standard InChI is InChI=1S/C16H32O2.C6H16N2/c1-2-3-4-5-6-7-8-9-10-11-12-13-14-15-16(17)18;1-3-6(4-2)5-8-7/h2-15H2,1H3,(H,17,18);6,8H,3-5,7H2,1-2H3. The van der Waals surface area contributed by atoms with Crippen LogP contribution in [-0.4, -0.2) is 17.6 Å².